The van der Waals surface area contributed by atoms with Gasteiger partial charge in [-0.1, -0.05) is 11.6 Å². The van der Waals surface area contributed by atoms with Gasteiger partial charge in [-0.25, -0.2) is 4.98 Å². The number of rotatable bonds is 3. The summed E-state index contributed by atoms with van der Waals surface area (Å²) in [6.07, 6.45) is 6.46. The second-order valence-electron chi connectivity index (χ2n) is 4.90. The van der Waals surface area contributed by atoms with Crippen LogP contribution in [0.5, 0.6) is 0 Å². The molecule has 3 nitrogen and oxygen atoms in total. The number of hydrogen-bond donors (Lipinski definition) is 1. The number of hydrogen-bond acceptors (Lipinski definition) is 4. The number of anilines is 1. The molecule has 1 aromatic heterocycles. The van der Waals surface area contributed by atoms with Crippen molar-refractivity contribution in [3.8, 4) is 0 Å². The number of thiazole rings is 1. The van der Waals surface area contributed by atoms with Gasteiger partial charge in [-0.15, -0.1) is 23.1 Å². The molecule has 2 aromatic rings. The molecule has 1 aliphatic carbocycles. The second-order valence-corrected chi connectivity index (χ2v) is 7.27. The summed E-state index contributed by atoms with van der Waals surface area (Å²) in [5.74, 6) is -0.193. The smallest absolute Gasteiger partial charge is 0.258 e. The van der Waals surface area contributed by atoms with Crippen LogP contribution in [0.2, 0.25) is 5.02 Å². The van der Waals surface area contributed by atoms with Gasteiger partial charge < -0.3 is 0 Å². The molecule has 0 bridgehead atoms. The Labute approximate surface area is 137 Å². The molecule has 1 heterocycles. The SMILES string of the molecule is CSc1ccc(Cl)c(C(=O)Nc2nc3c(s2)CCCC3)c1. The minimum absolute atomic E-state index is 0.193. The normalized spacial score (nSPS) is 13.8. The Balaban J connectivity index is 1.81. The number of benzene rings is 1. The predicted octanol–water partition coefficient (Wildman–Crippen LogP) is 4.65. The highest BCUT2D eigenvalue weighted by Gasteiger charge is 2.18. The summed E-state index contributed by atoms with van der Waals surface area (Å²) in [6.45, 7) is 0. The molecule has 0 fully saturated rings. The lowest BCUT2D eigenvalue weighted by atomic mass is 10.0. The number of halogens is 1. The number of carbonyl (C=O) groups excluding carboxylic acids is 1. The van der Waals surface area contributed by atoms with Crippen molar-refractivity contribution in [2.24, 2.45) is 0 Å². The summed E-state index contributed by atoms with van der Waals surface area (Å²) >= 11 is 9.30. The molecule has 0 radical (unpaired) electrons. The van der Waals surface area contributed by atoms with Crippen molar-refractivity contribution in [2.75, 3.05) is 11.6 Å². The number of aromatic nitrogens is 1. The van der Waals surface area contributed by atoms with Crippen molar-refractivity contribution in [3.05, 3.63) is 39.4 Å². The fourth-order valence-corrected chi connectivity index (χ4v) is 4.06. The van der Waals surface area contributed by atoms with Crippen LogP contribution in [0.1, 0.15) is 33.8 Å². The molecule has 1 aromatic carbocycles. The molecule has 6 heteroatoms. The van der Waals surface area contributed by atoms with Crippen LogP contribution in [0, 0.1) is 0 Å². The van der Waals surface area contributed by atoms with Gasteiger partial charge in [-0.05, 0) is 50.1 Å². The molecule has 0 atom stereocenters. The Kier molecular flexibility index (Phi) is 4.52. The summed E-state index contributed by atoms with van der Waals surface area (Å²) in [5, 5.41) is 4.03. The summed E-state index contributed by atoms with van der Waals surface area (Å²) in [5.41, 5.74) is 1.64. The largest absolute Gasteiger partial charge is 0.298 e. The molecule has 1 amide bonds. The van der Waals surface area contributed by atoms with E-state index < -0.39 is 0 Å². The Bertz CT molecular complexity index is 661. The van der Waals surface area contributed by atoms with E-state index in [1.54, 1.807) is 29.2 Å². The predicted molar refractivity (Wildman–Crippen MR) is 89.9 cm³/mol. The van der Waals surface area contributed by atoms with Crippen LogP contribution >= 0.6 is 34.7 Å². The maximum absolute atomic E-state index is 12.4. The van der Waals surface area contributed by atoms with Gasteiger partial charge in [-0.2, -0.15) is 0 Å². The first-order valence-corrected chi connectivity index (χ1v) is 9.23. The molecule has 21 heavy (non-hydrogen) atoms. The van der Waals surface area contributed by atoms with Crippen LogP contribution < -0.4 is 5.32 Å². The fraction of sp³-hybridized carbons (Fsp3) is 0.333. The van der Waals surface area contributed by atoms with Gasteiger partial charge in [0.15, 0.2) is 5.13 Å². The van der Waals surface area contributed by atoms with Crippen LogP contribution in [-0.2, 0) is 12.8 Å². The quantitative estimate of drug-likeness (QED) is 0.828. The van der Waals surface area contributed by atoms with E-state index in [0.29, 0.717) is 15.7 Å². The van der Waals surface area contributed by atoms with E-state index in [1.807, 2.05) is 18.4 Å². The molecule has 1 aliphatic rings. The lowest BCUT2D eigenvalue weighted by Crippen LogP contribution is -2.12. The summed E-state index contributed by atoms with van der Waals surface area (Å²) in [4.78, 5) is 19.2. The Morgan fingerprint density at radius 2 is 2.19 bits per heavy atom. The maximum atomic E-state index is 12.4. The number of aryl methyl sites for hydroxylation is 2. The van der Waals surface area contributed by atoms with Gasteiger partial charge >= 0.3 is 0 Å². The standard InChI is InChI=1S/C15H15ClN2OS2/c1-20-9-6-7-11(16)10(8-9)14(19)18-15-17-12-4-2-3-5-13(12)21-15/h6-8H,2-5H2,1H3,(H,17,18,19). The monoisotopic (exact) mass is 338 g/mol. The van der Waals surface area contributed by atoms with Crippen molar-refractivity contribution in [3.63, 3.8) is 0 Å². The number of fused-ring (bicyclic) bond motifs is 1. The van der Waals surface area contributed by atoms with Gasteiger partial charge in [0.2, 0.25) is 0 Å². The molecule has 1 N–H and O–H groups in total. The summed E-state index contributed by atoms with van der Waals surface area (Å²) in [7, 11) is 0. The van der Waals surface area contributed by atoms with Crippen molar-refractivity contribution in [1.29, 1.82) is 0 Å². The van der Waals surface area contributed by atoms with E-state index in [1.165, 1.54) is 17.7 Å². The molecule has 0 aliphatic heterocycles. The molecule has 110 valence electrons. The maximum Gasteiger partial charge on any atom is 0.258 e. The first-order chi connectivity index (χ1) is 10.2. The van der Waals surface area contributed by atoms with Crippen molar-refractivity contribution < 1.29 is 4.79 Å². The zero-order valence-electron chi connectivity index (χ0n) is 11.6. The van der Waals surface area contributed by atoms with Gasteiger partial charge in [0.1, 0.15) is 0 Å². The molecular formula is C15H15ClN2OS2. The Morgan fingerprint density at radius 1 is 1.38 bits per heavy atom. The molecule has 0 saturated heterocycles. The van der Waals surface area contributed by atoms with Gasteiger partial charge in [-0.3, -0.25) is 10.1 Å². The average Bonchev–Trinajstić information content (AvgIpc) is 2.89. The second kappa shape index (κ2) is 6.38. The van der Waals surface area contributed by atoms with E-state index in [2.05, 4.69) is 10.3 Å². The zero-order valence-corrected chi connectivity index (χ0v) is 14.0. The van der Waals surface area contributed by atoms with Crippen LogP contribution in [0.15, 0.2) is 23.1 Å². The topological polar surface area (TPSA) is 42.0 Å². The fourth-order valence-electron chi connectivity index (χ4n) is 2.38. The lowest BCUT2D eigenvalue weighted by molar-refractivity contribution is 0.102. The third-order valence-corrected chi connectivity index (χ3v) is 5.61. The number of nitrogens with zero attached hydrogens (tertiary/aromatic N) is 1. The minimum Gasteiger partial charge on any atom is -0.298 e. The molecule has 3 rings (SSSR count). The first kappa shape index (κ1) is 14.9. The highest BCUT2D eigenvalue weighted by molar-refractivity contribution is 7.98. The van der Waals surface area contributed by atoms with E-state index in [0.717, 1.165) is 23.4 Å². The molecule has 0 unspecified atom stereocenters. The van der Waals surface area contributed by atoms with E-state index in [9.17, 15) is 4.79 Å². The third kappa shape index (κ3) is 3.25. The van der Waals surface area contributed by atoms with Gasteiger partial charge in [0.05, 0.1) is 16.3 Å². The van der Waals surface area contributed by atoms with Crippen LogP contribution in [0.25, 0.3) is 0 Å². The van der Waals surface area contributed by atoms with Crippen molar-refractivity contribution >= 4 is 45.7 Å². The number of thioether (sulfide) groups is 1. The summed E-state index contributed by atoms with van der Waals surface area (Å²) < 4.78 is 0. The van der Waals surface area contributed by atoms with E-state index in [-0.39, 0.29) is 5.91 Å². The van der Waals surface area contributed by atoms with Crippen LogP contribution in [-0.4, -0.2) is 17.1 Å². The van der Waals surface area contributed by atoms with Crippen molar-refractivity contribution in [1.82, 2.24) is 4.98 Å². The Morgan fingerprint density at radius 3 is 2.95 bits per heavy atom. The summed E-state index contributed by atoms with van der Waals surface area (Å²) in [6, 6.07) is 5.48. The Hall–Kier alpha value is -1.04. The van der Waals surface area contributed by atoms with Crippen LogP contribution in [0.4, 0.5) is 5.13 Å². The molecule has 0 spiro atoms. The highest BCUT2D eigenvalue weighted by atomic mass is 35.5. The number of amides is 1. The average molecular weight is 339 g/mol. The van der Waals surface area contributed by atoms with Gasteiger partial charge in [0, 0.05) is 9.77 Å². The lowest BCUT2D eigenvalue weighted by Gasteiger charge is -2.06. The van der Waals surface area contributed by atoms with Gasteiger partial charge in [0.25, 0.3) is 5.91 Å². The highest BCUT2D eigenvalue weighted by Crippen LogP contribution is 2.30. The van der Waals surface area contributed by atoms with Crippen molar-refractivity contribution in [2.45, 2.75) is 30.6 Å². The van der Waals surface area contributed by atoms with E-state index >= 15 is 0 Å². The van der Waals surface area contributed by atoms with E-state index in [4.69, 9.17) is 11.6 Å². The molecular weight excluding hydrogens is 324 g/mol. The number of carbonyl (C=O) groups is 1. The molecule has 0 saturated carbocycles. The van der Waals surface area contributed by atoms with Crippen LogP contribution in [0.3, 0.4) is 0 Å². The first-order valence-electron chi connectivity index (χ1n) is 6.81. The third-order valence-electron chi connectivity index (χ3n) is 3.48. The zero-order chi connectivity index (χ0) is 14.8. The number of nitrogens with one attached hydrogen (secondary N) is 1. The minimum atomic E-state index is -0.193.